The Balaban J connectivity index is 0.000000224. The fourth-order valence-electron chi connectivity index (χ4n) is 9.68. The van der Waals surface area contributed by atoms with Crippen LogP contribution in [0.2, 0.25) is 0 Å². The number of aromatic nitrogens is 4. The molecule has 2 heterocycles. The minimum absolute atomic E-state index is 0. The van der Waals surface area contributed by atoms with Crippen LogP contribution in [0.25, 0.3) is 11.4 Å². The summed E-state index contributed by atoms with van der Waals surface area (Å²) >= 11 is 0. The zero-order chi connectivity index (χ0) is 60.6. The molecule has 3 amide bonds. The molecule has 8 aromatic rings. The fraction of sp³-hybridized carbons (Fsp3) is 0.308. The average Bonchev–Trinajstić information content (AvgIpc) is 2.48. The van der Waals surface area contributed by atoms with E-state index in [-0.39, 0.29) is 52.6 Å². The quantitative estimate of drug-likeness (QED) is 0.0392. The lowest BCUT2D eigenvalue weighted by molar-refractivity contribution is 0.0523. The number of sulfone groups is 2. The first kappa shape index (κ1) is 64.0. The molecule has 2 saturated carbocycles. The molecule has 0 radical (unpaired) electrons. The molecule has 10 rings (SSSR count). The van der Waals surface area contributed by atoms with Crippen LogP contribution in [0.4, 0.5) is 16.2 Å². The number of nitrogens with two attached hydrogens (primary N) is 1. The van der Waals surface area contributed by atoms with Crippen molar-refractivity contribution in [3.63, 3.8) is 0 Å². The molecule has 2 atom stereocenters. The third-order valence-electron chi connectivity index (χ3n) is 14.4. The number of ether oxygens (including phenoxy) is 1. The van der Waals surface area contributed by atoms with Crippen LogP contribution in [-0.4, -0.2) is 85.5 Å². The third kappa shape index (κ3) is 17.6. The van der Waals surface area contributed by atoms with Gasteiger partial charge in [0.05, 0.1) is 44.6 Å². The van der Waals surface area contributed by atoms with E-state index in [0.717, 1.165) is 57.9 Å². The van der Waals surface area contributed by atoms with Gasteiger partial charge in [-0.15, -0.1) is 12.4 Å². The van der Waals surface area contributed by atoms with Crippen LogP contribution < -0.4 is 32.3 Å². The summed E-state index contributed by atoms with van der Waals surface area (Å²) in [5, 5.41) is 25.2. The lowest BCUT2D eigenvalue weighted by Crippen LogP contribution is -2.32. The van der Waals surface area contributed by atoms with Crippen LogP contribution >= 0.6 is 12.4 Å². The molecule has 0 aliphatic heterocycles. The smallest absolute Gasteiger partial charge is 0.407 e. The van der Waals surface area contributed by atoms with E-state index in [4.69, 9.17) is 10.5 Å². The van der Waals surface area contributed by atoms with Crippen molar-refractivity contribution in [1.29, 1.82) is 0 Å². The molecule has 2 unspecified atom stereocenters. The summed E-state index contributed by atoms with van der Waals surface area (Å²) in [7, 11) is -6.59. The van der Waals surface area contributed by atoms with E-state index in [0.29, 0.717) is 52.5 Å². The maximum atomic E-state index is 13.6. The number of carbonyl (C=O) groups is 3. The van der Waals surface area contributed by atoms with Crippen molar-refractivity contribution in [2.45, 2.75) is 101 Å². The zero-order valence-electron chi connectivity index (χ0n) is 49.3. The highest BCUT2D eigenvalue weighted by Crippen LogP contribution is 2.33. The molecule has 86 heavy (non-hydrogen) atoms. The van der Waals surface area contributed by atoms with Crippen molar-refractivity contribution < 1.29 is 36.0 Å². The Kier molecular flexibility index (Phi) is 20.5. The number of amides is 3. The number of rotatable bonds is 21. The fourth-order valence-corrected chi connectivity index (χ4v) is 10.9. The minimum Gasteiger partial charge on any atom is -0.444 e. The van der Waals surface area contributed by atoms with Crippen LogP contribution in [0.15, 0.2) is 168 Å². The first-order valence-electron chi connectivity index (χ1n) is 28.3. The summed E-state index contributed by atoms with van der Waals surface area (Å²) in [4.78, 5) is 39.8. The standard InChI is InChI=1S/C35H41N5O5S.C30H33N5O3S.ClH/c1-23-18-31(40(39-23)29-11-6-8-25(19-29)22-37-34(42)45-35(2,3)4)33(41)38-28-10-7-9-27(20-28)32(36-21-24-12-13-24)26-14-16-30(17-15-26)46(5,43)44;1-20-15-28(35(34-20)26-8-3-5-22(16-26)18-31)30(36)33-25-7-4-6-24(17-25)29(32-19-21-9-10-21)23-11-13-27(14-12-23)39(2,37)38;/h6-11,14-20,24,32,36H,12-13,21-22H2,1-5H3,(H,37,42)(H,38,41);3-8,11-17,21,29,32H,9-10,18-19,31H2,1-2H3,(H,33,36);1H. The predicted octanol–water partition coefficient (Wildman–Crippen LogP) is 10.8. The summed E-state index contributed by atoms with van der Waals surface area (Å²) in [6.45, 7) is 11.5. The number of aryl methyl sites for hydroxylation is 2. The first-order valence-corrected chi connectivity index (χ1v) is 32.1. The van der Waals surface area contributed by atoms with Crippen LogP contribution in [0, 0.1) is 25.7 Å². The van der Waals surface area contributed by atoms with Crippen molar-refractivity contribution >= 4 is 61.4 Å². The number of alkyl carbamates (subject to hydrolysis) is 1. The molecular weight excluding hydrogens is 1150 g/mol. The number of nitrogens with zero attached hydrogens (tertiary/aromatic N) is 4. The predicted molar refractivity (Wildman–Crippen MR) is 338 cm³/mol. The van der Waals surface area contributed by atoms with E-state index in [1.165, 1.54) is 38.2 Å². The van der Waals surface area contributed by atoms with Gasteiger partial charge in [0.1, 0.15) is 17.0 Å². The molecule has 6 aromatic carbocycles. The van der Waals surface area contributed by atoms with Crippen molar-refractivity contribution in [2.75, 3.05) is 36.2 Å². The monoisotopic (exact) mass is 1220 g/mol. The minimum atomic E-state index is -3.31. The second kappa shape index (κ2) is 27.6. The van der Waals surface area contributed by atoms with Gasteiger partial charge in [-0.2, -0.15) is 10.2 Å². The van der Waals surface area contributed by atoms with Crippen molar-refractivity contribution in [3.05, 3.63) is 214 Å². The Labute approximate surface area is 510 Å². The number of nitrogens with one attached hydrogen (secondary N) is 5. The lowest BCUT2D eigenvalue weighted by Gasteiger charge is -2.21. The molecule has 18 nitrogen and oxygen atoms in total. The van der Waals surface area contributed by atoms with E-state index in [1.807, 2.05) is 156 Å². The van der Waals surface area contributed by atoms with Gasteiger partial charge in [0, 0.05) is 37.0 Å². The number of hydrogen-bond donors (Lipinski definition) is 6. The van der Waals surface area contributed by atoms with E-state index >= 15 is 0 Å². The van der Waals surface area contributed by atoms with Gasteiger partial charge < -0.3 is 37.1 Å². The van der Waals surface area contributed by atoms with Gasteiger partial charge in [0.15, 0.2) is 19.7 Å². The zero-order valence-corrected chi connectivity index (χ0v) is 51.8. The van der Waals surface area contributed by atoms with Crippen LogP contribution in [0.3, 0.4) is 0 Å². The van der Waals surface area contributed by atoms with Gasteiger partial charge in [-0.05, 0) is 204 Å². The molecule has 0 bridgehead atoms. The van der Waals surface area contributed by atoms with E-state index in [1.54, 1.807) is 45.8 Å². The molecule has 2 aliphatic rings. The van der Waals surface area contributed by atoms with Gasteiger partial charge in [-0.1, -0.05) is 72.8 Å². The summed E-state index contributed by atoms with van der Waals surface area (Å²) in [6, 6.07) is 47.6. The Hall–Kier alpha value is -7.98. The number of anilines is 2. The van der Waals surface area contributed by atoms with Crippen molar-refractivity contribution in [3.8, 4) is 11.4 Å². The maximum Gasteiger partial charge on any atom is 0.407 e. The van der Waals surface area contributed by atoms with Crippen LogP contribution in [0.5, 0.6) is 0 Å². The molecule has 0 saturated heterocycles. The molecule has 2 fully saturated rings. The number of hydrogen-bond acceptors (Lipinski definition) is 13. The van der Waals surface area contributed by atoms with Gasteiger partial charge in [-0.25, -0.2) is 31.0 Å². The maximum absolute atomic E-state index is 13.6. The summed E-state index contributed by atoms with van der Waals surface area (Å²) in [5.74, 6) is 0.698. The Morgan fingerprint density at radius 2 is 0.977 bits per heavy atom. The van der Waals surface area contributed by atoms with Crippen LogP contribution in [-0.2, 0) is 37.5 Å². The van der Waals surface area contributed by atoms with Crippen molar-refractivity contribution in [2.24, 2.45) is 17.6 Å². The van der Waals surface area contributed by atoms with Crippen LogP contribution in [0.1, 0.15) is 124 Å². The van der Waals surface area contributed by atoms with E-state index < -0.39 is 31.4 Å². The molecule has 452 valence electrons. The molecule has 21 heteroatoms. The Morgan fingerprint density at radius 1 is 0.570 bits per heavy atom. The van der Waals surface area contributed by atoms with Gasteiger partial charge in [0.2, 0.25) is 0 Å². The molecule has 2 aliphatic carbocycles. The number of carbonyl (C=O) groups excluding carboxylic acids is 3. The van der Waals surface area contributed by atoms with Gasteiger partial charge in [-0.3, -0.25) is 9.59 Å². The Bertz CT molecular complexity index is 3930. The van der Waals surface area contributed by atoms with Gasteiger partial charge >= 0.3 is 6.09 Å². The normalized spacial score (nSPS) is 14.0. The summed E-state index contributed by atoms with van der Waals surface area (Å²) in [6.07, 6.45) is 6.71. The third-order valence-corrected chi connectivity index (χ3v) is 16.6. The molecular formula is C65H75ClN10O8S2. The largest absolute Gasteiger partial charge is 0.444 e. The topological polar surface area (TPSA) is 251 Å². The summed E-state index contributed by atoms with van der Waals surface area (Å²) in [5.41, 5.74) is 15.7. The Morgan fingerprint density at radius 3 is 1.37 bits per heavy atom. The first-order chi connectivity index (χ1) is 40.5. The van der Waals surface area contributed by atoms with Crippen molar-refractivity contribution in [1.82, 2.24) is 35.5 Å². The SMILES string of the molecule is Cc1cc(C(=O)Nc2cccc(C(NCC3CC3)c3ccc(S(C)(=O)=O)cc3)c2)n(-c2cccc(CN)c2)n1.Cc1cc(C(=O)Nc2cccc(C(NCC3CC3)c3ccc(S(C)(=O)=O)cc3)c2)n(-c2cccc(CNC(=O)OC(C)(C)C)c2)n1.Cl. The highest BCUT2D eigenvalue weighted by molar-refractivity contribution is 7.91. The molecule has 2 aromatic heterocycles. The van der Waals surface area contributed by atoms with E-state index in [9.17, 15) is 31.2 Å². The highest BCUT2D eigenvalue weighted by Gasteiger charge is 2.27. The number of halogens is 1. The summed E-state index contributed by atoms with van der Waals surface area (Å²) < 4.78 is 56.5. The average molecular weight is 1220 g/mol. The number of benzene rings is 6. The second-order valence-electron chi connectivity index (χ2n) is 23.0. The highest BCUT2D eigenvalue weighted by atomic mass is 35.5. The molecule has 7 N–H and O–H groups in total. The van der Waals surface area contributed by atoms with E-state index in [2.05, 4.69) is 36.8 Å². The van der Waals surface area contributed by atoms with Gasteiger partial charge in [0.25, 0.3) is 11.8 Å². The second-order valence-corrected chi connectivity index (χ2v) is 27.0. The lowest BCUT2D eigenvalue weighted by atomic mass is 9.98. The molecule has 0 spiro atoms.